The number of aliphatic hydroxyl groups is 1. The van der Waals surface area contributed by atoms with E-state index in [0.29, 0.717) is 36.8 Å². The summed E-state index contributed by atoms with van der Waals surface area (Å²) in [5.74, 6) is 0.629. The Labute approximate surface area is 175 Å². The fourth-order valence-corrected chi connectivity index (χ4v) is 6.00. The van der Waals surface area contributed by atoms with Gasteiger partial charge in [-0.05, 0) is 54.6 Å². The summed E-state index contributed by atoms with van der Waals surface area (Å²) in [6, 6.07) is 6.97. The second-order valence-corrected chi connectivity index (χ2v) is 10.2. The van der Waals surface area contributed by atoms with Crippen LogP contribution in [0.1, 0.15) is 46.5 Å². The smallest absolute Gasteiger partial charge is 0.146 e. The number of nitrogens with zero attached hydrogens (tertiary/aromatic N) is 2. The lowest BCUT2D eigenvalue weighted by atomic mass is 9.70. The summed E-state index contributed by atoms with van der Waals surface area (Å²) in [5, 5.41) is 10.5. The van der Waals surface area contributed by atoms with E-state index in [2.05, 4.69) is 30.6 Å². The maximum absolute atomic E-state index is 14.0. The minimum atomic E-state index is -0.366. The van der Waals surface area contributed by atoms with Crippen LogP contribution in [0.15, 0.2) is 24.3 Å². The van der Waals surface area contributed by atoms with Gasteiger partial charge in [0.15, 0.2) is 0 Å². The van der Waals surface area contributed by atoms with Gasteiger partial charge in [-0.1, -0.05) is 32.9 Å². The zero-order chi connectivity index (χ0) is 20.6. The zero-order valence-corrected chi connectivity index (χ0v) is 18.2. The molecule has 1 saturated heterocycles. The maximum atomic E-state index is 14.0. The highest BCUT2D eigenvalue weighted by atomic mass is 19.1. The minimum Gasteiger partial charge on any atom is -0.392 e. The molecular weight excluding hydrogens is 367 g/mol. The van der Waals surface area contributed by atoms with E-state index in [9.17, 15) is 9.50 Å². The molecule has 3 fully saturated rings. The lowest BCUT2D eigenvalue weighted by Crippen LogP contribution is -2.49. The molecule has 4 atom stereocenters. The van der Waals surface area contributed by atoms with Crippen LogP contribution in [0.3, 0.4) is 0 Å². The molecule has 1 aromatic carbocycles. The standard InChI is InChI=1S/C24H37FN2O2/c1-23(2)18-8-10-24(23,3)22(16-18)29-15-9-19(28)17-26-11-13-27(14-12-26)21-7-5-4-6-20(21)25/h4-7,18-19,22,28H,8-17H2,1-3H3. The molecular formula is C24H37FN2O2. The zero-order valence-electron chi connectivity index (χ0n) is 18.2. The summed E-state index contributed by atoms with van der Waals surface area (Å²) in [7, 11) is 0. The van der Waals surface area contributed by atoms with Crippen LogP contribution in [0, 0.1) is 22.6 Å². The first-order valence-corrected chi connectivity index (χ1v) is 11.3. The molecule has 4 nitrogen and oxygen atoms in total. The number of para-hydroxylation sites is 1. The number of piperazine rings is 1. The van der Waals surface area contributed by atoms with E-state index in [1.54, 1.807) is 6.07 Å². The average molecular weight is 405 g/mol. The molecule has 1 aliphatic heterocycles. The summed E-state index contributed by atoms with van der Waals surface area (Å²) >= 11 is 0. The second kappa shape index (κ2) is 8.16. The van der Waals surface area contributed by atoms with Crippen molar-refractivity contribution < 1.29 is 14.2 Å². The Kier molecular flexibility index (Phi) is 5.93. The quantitative estimate of drug-likeness (QED) is 0.747. The Bertz CT molecular complexity index is 704. The van der Waals surface area contributed by atoms with Crippen LogP contribution < -0.4 is 4.90 Å². The van der Waals surface area contributed by atoms with Gasteiger partial charge in [0, 0.05) is 39.3 Å². The van der Waals surface area contributed by atoms with Crippen molar-refractivity contribution >= 4 is 5.69 Å². The Morgan fingerprint density at radius 3 is 2.52 bits per heavy atom. The van der Waals surface area contributed by atoms with E-state index in [1.807, 2.05) is 12.1 Å². The lowest BCUT2D eigenvalue weighted by Gasteiger charge is -2.39. The molecule has 0 spiro atoms. The van der Waals surface area contributed by atoms with Crippen LogP contribution in [0.2, 0.25) is 0 Å². The van der Waals surface area contributed by atoms with Gasteiger partial charge >= 0.3 is 0 Å². The van der Waals surface area contributed by atoms with Gasteiger partial charge < -0.3 is 14.7 Å². The summed E-state index contributed by atoms with van der Waals surface area (Å²) in [5.41, 5.74) is 1.34. The number of β-amino-alcohol motifs (C(OH)–C–C–N with tert-alkyl or cyclic N) is 1. The third-order valence-corrected chi connectivity index (χ3v) is 8.52. The van der Waals surface area contributed by atoms with Gasteiger partial charge in [0.1, 0.15) is 5.82 Å². The van der Waals surface area contributed by atoms with Gasteiger partial charge in [0.2, 0.25) is 0 Å². The van der Waals surface area contributed by atoms with Gasteiger partial charge in [-0.2, -0.15) is 0 Å². The van der Waals surface area contributed by atoms with E-state index in [4.69, 9.17) is 4.74 Å². The molecule has 1 aromatic rings. The topological polar surface area (TPSA) is 35.9 Å². The molecule has 29 heavy (non-hydrogen) atoms. The minimum absolute atomic E-state index is 0.157. The van der Waals surface area contributed by atoms with E-state index < -0.39 is 0 Å². The Morgan fingerprint density at radius 1 is 1.17 bits per heavy atom. The third kappa shape index (κ3) is 3.94. The number of fused-ring (bicyclic) bond motifs is 2. The summed E-state index contributed by atoms with van der Waals surface area (Å²) in [6.07, 6.45) is 4.44. The molecule has 2 bridgehead atoms. The van der Waals surface area contributed by atoms with Crippen LogP contribution in [0.25, 0.3) is 0 Å². The molecule has 4 unspecified atom stereocenters. The molecule has 1 heterocycles. The van der Waals surface area contributed by atoms with Gasteiger partial charge in [-0.25, -0.2) is 4.39 Å². The van der Waals surface area contributed by atoms with Gasteiger partial charge in [-0.15, -0.1) is 0 Å². The first kappa shape index (κ1) is 21.1. The first-order chi connectivity index (χ1) is 13.8. The van der Waals surface area contributed by atoms with Crippen molar-refractivity contribution in [2.24, 2.45) is 16.7 Å². The molecule has 162 valence electrons. The summed E-state index contributed by atoms with van der Waals surface area (Å²) < 4.78 is 20.3. The molecule has 0 aromatic heterocycles. The first-order valence-electron chi connectivity index (χ1n) is 11.3. The number of hydrogen-bond acceptors (Lipinski definition) is 4. The van der Waals surface area contributed by atoms with Crippen LogP contribution >= 0.6 is 0 Å². The van der Waals surface area contributed by atoms with Crippen LogP contribution in [-0.2, 0) is 4.74 Å². The Morgan fingerprint density at radius 2 is 1.90 bits per heavy atom. The van der Waals surface area contributed by atoms with Crippen molar-refractivity contribution in [3.63, 3.8) is 0 Å². The number of anilines is 1. The maximum Gasteiger partial charge on any atom is 0.146 e. The van der Waals surface area contributed by atoms with Gasteiger partial charge in [-0.3, -0.25) is 4.90 Å². The van der Waals surface area contributed by atoms with Gasteiger partial charge in [0.05, 0.1) is 17.9 Å². The fraction of sp³-hybridized carbons (Fsp3) is 0.750. The SMILES string of the molecule is CC1(C)C2CCC1(C)C(OCCC(O)CN1CCN(c3ccccc3F)CC1)C2. The second-order valence-electron chi connectivity index (χ2n) is 10.2. The highest BCUT2D eigenvalue weighted by molar-refractivity contribution is 5.47. The average Bonchev–Trinajstić information content (AvgIpc) is 3.03. The van der Waals surface area contributed by atoms with Crippen LogP contribution in [-0.4, -0.2) is 61.5 Å². The fourth-order valence-electron chi connectivity index (χ4n) is 6.00. The Balaban J connectivity index is 1.18. The molecule has 2 aliphatic carbocycles. The molecule has 1 N–H and O–H groups in total. The molecule has 0 radical (unpaired) electrons. The van der Waals surface area contributed by atoms with Crippen molar-refractivity contribution in [3.8, 4) is 0 Å². The van der Waals surface area contributed by atoms with Gasteiger partial charge in [0.25, 0.3) is 0 Å². The number of ether oxygens (including phenoxy) is 1. The summed E-state index contributed by atoms with van der Waals surface area (Å²) in [6.45, 7) is 11.8. The van der Waals surface area contributed by atoms with Crippen molar-refractivity contribution in [2.75, 3.05) is 44.2 Å². The summed E-state index contributed by atoms with van der Waals surface area (Å²) in [4.78, 5) is 4.38. The number of aliphatic hydroxyl groups excluding tert-OH is 1. The molecule has 5 heteroatoms. The van der Waals surface area contributed by atoms with Crippen molar-refractivity contribution in [1.82, 2.24) is 4.90 Å². The molecule has 2 saturated carbocycles. The van der Waals surface area contributed by atoms with Crippen molar-refractivity contribution in [1.29, 1.82) is 0 Å². The Hall–Kier alpha value is -1.17. The lowest BCUT2D eigenvalue weighted by molar-refractivity contribution is -0.0564. The predicted octanol–water partition coefficient (Wildman–Crippen LogP) is 3.93. The third-order valence-electron chi connectivity index (χ3n) is 8.52. The van der Waals surface area contributed by atoms with E-state index in [-0.39, 0.29) is 17.3 Å². The number of hydrogen-bond donors (Lipinski definition) is 1. The van der Waals surface area contributed by atoms with Crippen molar-refractivity contribution in [3.05, 3.63) is 30.1 Å². The normalized spacial score (nSPS) is 32.7. The van der Waals surface area contributed by atoms with Crippen molar-refractivity contribution in [2.45, 2.75) is 58.7 Å². The largest absolute Gasteiger partial charge is 0.392 e. The number of halogens is 1. The van der Waals surface area contributed by atoms with Crippen LogP contribution in [0.5, 0.6) is 0 Å². The van der Waals surface area contributed by atoms with E-state index in [1.165, 1.54) is 25.3 Å². The van der Waals surface area contributed by atoms with Crippen LogP contribution in [0.4, 0.5) is 10.1 Å². The molecule has 0 amide bonds. The molecule has 3 aliphatic rings. The number of rotatable bonds is 7. The van der Waals surface area contributed by atoms with E-state index in [0.717, 1.165) is 32.1 Å². The highest BCUT2D eigenvalue weighted by Crippen LogP contribution is 2.66. The number of benzene rings is 1. The monoisotopic (exact) mass is 404 g/mol. The van der Waals surface area contributed by atoms with E-state index >= 15 is 0 Å². The molecule has 4 rings (SSSR count). The predicted molar refractivity (Wildman–Crippen MR) is 115 cm³/mol. The highest BCUT2D eigenvalue weighted by Gasteiger charge is 2.61.